The van der Waals surface area contributed by atoms with Crippen LogP contribution >= 0.6 is 0 Å². The van der Waals surface area contributed by atoms with Gasteiger partial charge < -0.3 is 5.11 Å². The molecule has 1 saturated heterocycles. The normalized spacial score (nSPS) is 15.5. The highest BCUT2D eigenvalue weighted by molar-refractivity contribution is 6.09. The Balaban J connectivity index is 2.10. The molecule has 1 aliphatic heterocycles. The lowest BCUT2D eigenvalue weighted by atomic mass is 10.1. The van der Waals surface area contributed by atoms with Crippen molar-refractivity contribution < 1.29 is 19.5 Å². The number of amides is 3. The largest absolute Gasteiger partial charge is 0.478 e. The fraction of sp³-hybridized carbons (Fsp3) is 0.167. The maximum atomic E-state index is 11.8. The zero-order chi connectivity index (χ0) is 14.3. The second-order valence-electron chi connectivity index (χ2n) is 4.39. The number of aromatic carboxylic acids is 1. The minimum absolute atomic E-state index is 0.0275. The van der Waals surface area contributed by atoms with Gasteiger partial charge in [0.2, 0.25) is 5.91 Å². The van der Waals surface area contributed by atoms with E-state index < -0.39 is 12.0 Å². The SMILES string of the molecule is O=C1CCN(c2cc(C(=O)O)c3[nH]ncc3c2)C(=O)N1. The second-order valence-corrected chi connectivity index (χ2v) is 4.39. The maximum Gasteiger partial charge on any atom is 0.337 e. The predicted molar refractivity (Wildman–Crippen MR) is 68.6 cm³/mol. The molecule has 0 radical (unpaired) electrons. The average molecular weight is 274 g/mol. The Morgan fingerprint density at radius 2 is 2.15 bits per heavy atom. The van der Waals surface area contributed by atoms with Crippen LogP contribution in [0.3, 0.4) is 0 Å². The molecule has 0 bridgehead atoms. The van der Waals surface area contributed by atoms with Crippen molar-refractivity contribution in [3.8, 4) is 0 Å². The maximum absolute atomic E-state index is 11.8. The van der Waals surface area contributed by atoms with Gasteiger partial charge in [0.05, 0.1) is 17.3 Å². The molecule has 2 aromatic rings. The van der Waals surface area contributed by atoms with E-state index in [9.17, 15) is 19.5 Å². The molecule has 20 heavy (non-hydrogen) atoms. The molecule has 1 aromatic carbocycles. The standard InChI is InChI=1S/C12H10N4O4/c17-9-1-2-16(12(20)14-9)7-3-6-5-13-15-10(6)8(4-7)11(18)19/h3-5H,1-2H2,(H,13,15)(H,18,19)(H,14,17,20). The van der Waals surface area contributed by atoms with E-state index in [1.165, 1.54) is 17.2 Å². The minimum Gasteiger partial charge on any atom is -0.478 e. The number of nitrogens with zero attached hydrogens (tertiary/aromatic N) is 2. The number of hydrogen-bond donors (Lipinski definition) is 3. The topological polar surface area (TPSA) is 115 Å². The molecule has 1 aromatic heterocycles. The number of imide groups is 1. The number of carbonyl (C=O) groups excluding carboxylic acids is 2. The smallest absolute Gasteiger partial charge is 0.337 e. The van der Waals surface area contributed by atoms with E-state index >= 15 is 0 Å². The molecule has 1 fully saturated rings. The van der Waals surface area contributed by atoms with Crippen LogP contribution in [0.4, 0.5) is 10.5 Å². The van der Waals surface area contributed by atoms with Gasteiger partial charge in [0.15, 0.2) is 0 Å². The molecule has 102 valence electrons. The van der Waals surface area contributed by atoms with E-state index in [1.54, 1.807) is 6.07 Å². The number of carboxylic acid groups (broad SMARTS) is 1. The number of aromatic amines is 1. The lowest BCUT2D eigenvalue weighted by molar-refractivity contribution is -0.120. The van der Waals surface area contributed by atoms with E-state index in [1.807, 2.05) is 0 Å². The first-order chi connectivity index (χ1) is 9.56. The van der Waals surface area contributed by atoms with Gasteiger partial charge in [0.25, 0.3) is 0 Å². The quantitative estimate of drug-likeness (QED) is 0.745. The fourth-order valence-corrected chi connectivity index (χ4v) is 2.18. The molecular weight excluding hydrogens is 264 g/mol. The molecule has 3 rings (SSSR count). The summed E-state index contributed by atoms with van der Waals surface area (Å²) in [7, 11) is 0. The Morgan fingerprint density at radius 3 is 2.85 bits per heavy atom. The molecule has 0 unspecified atom stereocenters. The summed E-state index contributed by atoms with van der Waals surface area (Å²) in [5, 5.41) is 18.4. The molecule has 0 atom stereocenters. The Bertz CT molecular complexity index is 736. The zero-order valence-corrected chi connectivity index (χ0v) is 10.2. The molecule has 3 amide bonds. The number of carboxylic acids is 1. The van der Waals surface area contributed by atoms with Crippen LogP contribution < -0.4 is 10.2 Å². The number of fused-ring (bicyclic) bond motifs is 1. The van der Waals surface area contributed by atoms with Crippen LogP contribution in [0.25, 0.3) is 10.9 Å². The second kappa shape index (κ2) is 4.34. The Labute approximate surface area is 112 Å². The van der Waals surface area contributed by atoms with Crippen molar-refractivity contribution in [3.63, 3.8) is 0 Å². The Morgan fingerprint density at radius 1 is 1.35 bits per heavy atom. The van der Waals surface area contributed by atoms with Crippen LogP contribution in [0, 0.1) is 0 Å². The molecule has 1 aliphatic rings. The van der Waals surface area contributed by atoms with Crippen molar-refractivity contribution >= 4 is 34.5 Å². The molecule has 8 nitrogen and oxygen atoms in total. The van der Waals surface area contributed by atoms with Crippen molar-refractivity contribution in [1.82, 2.24) is 15.5 Å². The van der Waals surface area contributed by atoms with E-state index in [2.05, 4.69) is 15.5 Å². The number of carbonyl (C=O) groups is 3. The summed E-state index contributed by atoms with van der Waals surface area (Å²) in [5.74, 6) is -1.45. The van der Waals surface area contributed by atoms with Crippen molar-refractivity contribution in [1.29, 1.82) is 0 Å². The first kappa shape index (κ1) is 12.2. The number of nitrogens with one attached hydrogen (secondary N) is 2. The molecule has 3 N–H and O–H groups in total. The van der Waals surface area contributed by atoms with Crippen LogP contribution in [0.2, 0.25) is 0 Å². The van der Waals surface area contributed by atoms with Gasteiger partial charge in [-0.3, -0.25) is 20.1 Å². The van der Waals surface area contributed by atoms with Gasteiger partial charge in [-0.2, -0.15) is 5.10 Å². The van der Waals surface area contributed by atoms with Gasteiger partial charge >= 0.3 is 12.0 Å². The van der Waals surface area contributed by atoms with Crippen LogP contribution in [0.5, 0.6) is 0 Å². The monoisotopic (exact) mass is 274 g/mol. The first-order valence-electron chi connectivity index (χ1n) is 5.88. The predicted octanol–water partition coefficient (Wildman–Crippen LogP) is 0.707. The first-order valence-corrected chi connectivity index (χ1v) is 5.88. The van der Waals surface area contributed by atoms with E-state index in [4.69, 9.17) is 0 Å². The summed E-state index contributed by atoms with van der Waals surface area (Å²) >= 11 is 0. The molecule has 0 aliphatic carbocycles. The van der Waals surface area contributed by atoms with Crippen LogP contribution in [0.15, 0.2) is 18.3 Å². The van der Waals surface area contributed by atoms with Crippen molar-refractivity contribution in [3.05, 3.63) is 23.9 Å². The average Bonchev–Trinajstić information content (AvgIpc) is 2.85. The van der Waals surface area contributed by atoms with Crippen molar-refractivity contribution in [2.24, 2.45) is 0 Å². The summed E-state index contributed by atoms with van der Waals surface area (Å²) in [4.78, 5) is 35.5. The molecular formula is C12H10N4O4. The number of urea groups is 1. The van der Waals surface area contributed by atoms with Gasteiger partial charge in [-0.05, 0) is 12.1 Å². The Kier molecular flexibility index (Phi) is 2.63. The highest BCUT2D eigenvalue weighted by Crippen LogP contribution is 2.26. The summed E-state index contributed by atoms with van der Waals surface area (Å²) in [6.07, 6.45) is 1.66. The van der Waals surface area contributed by atoms with E-state index in [-0.39, 0.29) is 24.4 Å². The van der Waals surface area contributed by atoms with Crippen LogP contribution in [-0.2, 0) is 4.79 Å². The molecule has 8 heteroatoms. The van der Waals surface area contributed by atoms with Crippen LogP contribution in [-0.4, -0.2) is 39.8 Å². The van der Waals surface area contributed by atoms with Gasteiger partial charge in [0.1, 0.15) is 0 Å². The molecule has 0 saturated carbocycles. The third-order valence-corrected chi connectivity index (χ3v) is 3.13. The summed E-state index contributed by atoms with van der Waals surface area (Å²) in [6, 6.07) is 2.49. The summed E-state index contributed by atoms with van der Waals surface area (Å²) in [6.45, 7) is 0.215. The highest BCUT2D eigenvalue weighted by atomic mass is 16.4. The van der Waals surface area contributed by atoms with Crippen LogP contribution in [0.1, 0.15) is 16.8 Å². The third kappa shape index (κ3) is 1.87. The molecule has 0 spiro atoms. The molecule has 2 heterocycles. The summed E-state index contributed by atoms with van der Waals surface area (Å²) in [5.41, 5.74) is 0.843. The highest BCUT2D eigenvalue weighted by Gasteiger charge is 2.25. The van der Waals surface area contributed by atoms with Gasteiger partial charge in [0, 0.05) is 24.0 Å². The van der Waals surface area contributed by atoms with Crippen molar-refractivity contribution in [2.75, 3.05) is 11.4 Å². The lowest BCUT2D eigenvalue weighted by Crippen LogP contribution is -2.49. The van der Waals surface area contributed by atoms with E-state index in [0.717, 1.165) is 0 Å². The number of H-pyrrole nitrogens is 1. The van der Waals surface area contributed by atoms with Gasteiger partial charge in [-0.25, -0.2) is 9.59 Å². The number of benzene rings is 1. The van der Waals surface area contributed by atoms with Gasteiger partial charge in [-0.1, -0.05) is 0 Å². The van der Waals surface area contributed by atoms with Crippen molar-refractivity contribution in [2.45, 2.75) is 6.42 Å². The number of anilines is 1. The number of aromatic nitrogens is 2. The Hall–Kier alpha value is -2.90. The van der Waals surface area contributed by atoms with E-state index in [0.29, 0.717) is 16.6 Å². The zero-order valence-electron chi connectivity index (χ0n) is 10.2. The van der Waals surface area contributed by atoms with Gasteiger partial charge in [-0.15, -0.1) is 0 Å². The lowest BCUT2D eigenvalue weighted by Gasteiger charge is -2.26. The fourth-order valence-electron chi connectivity index (χ4n) is 2.18. The number of rotatable bonds is 2. The summed E-state index contributed by atoms with van der Waals surface area (Å²) < 4.78 is 0. The number of hydrogen-bond acceptors (Lipinski definition) is 4. The third-order valence-electron chi connectivity index (χ3n) is 3.13. The minimum atomic E-state index is -1.12.